The van der Waals surface area contributed by atoms with Gasteiger partial charge in [0, 0.05) is 18.9 Å². The summed E-state index contributed by atoms with van der Waals surface area (Å²) in [7, 11) is 0. The van der Waals surface area contributed by atoms with Gasteiger partial charge in [-0.3, -0.25) is 19.2 Å². The Bertz CT molecular complexity index is 2040. The fraction of sp³-hybridized carbons (Fsp3) is 0.538. The maximum absolute atomic E-state index is 14.3. The van der Waals surface area contributed by atoms with Crippen molar-refractivity contribution >= 4 is 35.6 Å². The van der Waals surface area contributed by atoms with Gasteiger partial charge < -0.3 is 60.0 Å². The van der Waals surface area contributed by atoms with Crippen molar-refractivity contribution in [3.8, 4) is 0 Å². The fourth-order valence-corrected chi connectivity index (χ4v) is 8.82. The number of nitrogens with one attached hydrogen (secondary N) is 3. The molecule has 70 heavy (non-hydrogen) atoms. The molecule has 0 bridgehead atoms. The highest BCUT2D eigenvalue weighted by molar-refractivity contribution is 5.92. The van der Waals surface area contributed by atoms with Crippen LogP contribution in [0.4, 0.5) is 4.79 Å². The van der Waals surface area contributed by atoms with Crippen LogP contribution in [-0.4, -0.2) is 144 Å². The largest absolute Gasteiger partial charge is 0.548 e. The number of carbonyl (C=O) groups excluding carboxylic acids is 6. The summed E-state index contributed by atoms with van der Waals surface area (Å²) in [5, 5.41) is 19.4. The molecular formula is C52H71N5O13. The van der Waals surface area contributed by atoms with Crippen LogP contribution in [-0.2, 0) is 72.0 Å². The number of nitrogens with two attached hydrogens (primary N) is 1. The molecule has 2 heterocycles. The Morgan fingerprint density at radius 2 is 1.26 bits per heavy atom. The number of ketones is 1. The van der Waals surface area contributed by atoms with Gasteiger partial charge >= 0.3 is 12.1 Å². The van der Waals surface area contributed by atoms with Crippen LogP contribution in [0.15, 0.2) is 91.0 Å². The quantitative estimate of drug-likeness (QED) is 0.0411. The molecule has 2 unspecified atom stereocenters. The minimum absolute atomic E-state index is 0.0156. The van der Waals surface area contributed by atoms with Gasteiger partial charge in [0.25, 0.3) is 0 Å². The maximum atomic E-state index is 14.3. The van der Waals surface area contributed by atoms with Crippen LogP contribution in [0.1, 0.15) is 55.2 Å². The number of hydrogen-bond donors (Lipinski definition) is 4. The van der Waals surface area contributed by atoms with E-state index in [0.717, 1.165) is 36.0 Å². The number of rotatable bonds is 31. The lowest BCUT2D eigenvalue weighted by molar-refractivity contribution is -0.862. The zero-order valence-corrected chi connectivity index (χ0v) is 40.1. The van der Waals surface area contributed by atoms with E-state index in [2.05, 4.69) is 16.0 Å². The van der Waals surface area contributed by atoms with E-state index in [9.17, 15) is 33.9 Å². The number of hydrogen-bond acceptors (Lipinski definition) is 15. The van der Waals surface area contributed by atoms with Crippen LogP contribution >= 0.6 is 0 Å². The molecule has 2 aliphatic heterocycles. The average molecular weight is 974 g/mol. The second-order valence-electron chi connectivity index (χ2n) is 17.8. The van der Waals surface area contributed by atoms with Gasteiger partial charge in [-0.1, -0.05) is 91.0 Å². The third kappa shape index (κ3) is 19.3. The zero-order valence-electron chi connectivity index (χ0n) is 40.1. The average Bonchev–Trinajstić information content (AvgIpc) is 3.38. The molecule has 18 nitrogen and oxygen atoms in total. The molecule has 18 heteroatoms. The Kier molecular flexibility index (Phi) is 24.4. The lowest BCUT2D eigenvalue weighted by Gasteiger charge is -2.38. The predicted molar refractivity (Wildman–Crippen MR) is 255 cm³/mol. The lowest BCUT2D eigenvalue weighted by atomic mass is 9.75. The van der Waals surface area contributed by atoms with Crippen molar-refractivity contribution in [2.45, 2.75) is 70.2 Å². The van der Waals surface area contributed by atoms with Crippen molar-refractivity contribution in [1.29, 1.82) is 0 Å². The summed E-state index contributed by atoms with van der Waals surface area (Å²) in [5.41, 5.74) is 9.17. The smallest absolute Gasteiger partial charge is 0.516 e. The maximum Gasteiger partial charge on any atom is 0.516 e. The number of carboxylic acid groups (broad SMARTS) is 1. The Morgan fingerprint density at radius 3 is 1.86 bits per heavy atom. The van der Waals surface area contributed by atoms with Gasteiger partial charge in [0.15, 0.2) is 0 Å². The third-order valence-electron chi connectivity index (χ3n) is 12.7. The SMILES string of the molecule is N[C@H](C(=O)N[C@@H](Cc1ccccc1)C(=O)NCCOCCOCCOCCOCC(=O)[O-])C(CC1CNCC[C@H]1C(=O)CC[N+]1(C(=O)OCc2ccccc2)CCCCC1)C(=O)OCc1ccccc1. The Balaban J connectivity index is 1.20. The van der Waals surface area contributed by atoms with Crippen molar-refractivity contribution in [1.82, 2.24) is 16.0 Å². The Labute approximate surface area is 410 Å². The number of piperidine rings is 2. The highest BCUT2D eigenvalue weighted by Crippen LogP contribution is 2.31. The summed E-state index contributed by atoms with van der Waals surface area (Å²) < 4.78 is 33.0. The van der Waals surface area contributed by atoms with Crippen LogP contribution in [0.5, 0.6) is 0 Å². The number of likely N-dealkylation sites (tertiary alicyclic amines) is 1. The van der Waals surface area contributed by atoms with E-state index in [1.54, 1.807) is 0 Å². The molecule has 5 rings (SSSR count). The summed E-state index contributed by atoms with van der Waals surface area (Å²) >= 11 is 0. The highest BCUT2D eigenvalue weighted by atomic mass is 16.6. The van der Waals surface area contributed by atoms with E-state index in [1.807, 2.05) is 91.0 Å². The Morgan fingerprint density at radius 1 is 0.700 bits per heavy atom. The second-order valence-corrected chi connectivity index (χ2v) is 17.8. The first-order chi connectivity index (χ1) is 34.0. The molecule has 0 radical (unpaired) electrons. The summed E-state index contributed by atoms with van der Waals surface area (Å²) in [6.07, 6.45) is 3.24. The summed E-state index contributed by atoms with van der Waals surface area (Å²) in [6, 6.07) is 25.3. The van der Waals surface area contributed by atoms with Crippen LogP contribution in [0.3, 0.4) is 0 Å². The molecule has 0 spiro atoms. The number of quaternary nitrogens is 1. The van der Waals surface area contributed by atoms with E-state index in [4.69, 9.17) is 34.2 Å². The normalized spacial score (nSPS) is 17.8. The first-order valence-corrected chi connectivity index (χ1v) is 24.4. The summed E-state index contributed by atoms with van der Waals surface area (Å²) in [4.78, 5) is 80.5. The molecule has 3 aromatic rings. The van der Waals surface area contributed by atoms with E-state index < -0.39 is 54.3 Å². The summed E-state index contributed by atoms with van der Waals surface area (Å²) in [6.45, 7) is 3.83. The molecule has 5 atom stereocenters. The highest BCUT2D eigenvalue weighted by Gasteiger charge is 2.43. The van der Waals surface area contributed by atoms with E-state index in [1.165, 1.54) is 0 Å². The molecule has 0 aliphatic carbocycles. The second kappa shape index (κ2) is 30.9. The van der Waals surface area contributed by atoms with E-state index >= 15 is 0 Å². The molecule has 3 amide bonds. The first kappa shape index (κ1) is 55.3. The van der Waals surface area contributed by atoms with E-state index in [-0.39, 0.29) is 101 Å². The minimum Gasteiger partial charge on any atom is -0.548 e. The topological polar surface area (TPSA) is 243 Å². The third-order valence-corrected chi connectivity index (χ3v) is 12.7. The van der Waals surface area contributed by atoms with Crippen LogP contribution < -0.4 is 26.8 Å². The number of carboxylic acids is 1. The summed E-state index contributed by atoms with van der Waals surface area (Å²) in [5.74, 6) is -5.23. The molecule has 2 saturated heterocycles. The van der Waals surface area contributed by atoms with Crippen molar-refractivity contribution in [2.24, 2.45) is 23.5 Å². The predicted octanol–water partition coefficient (Wildman–Crippen LogP) is 2.25. The number of nitrogens with zero attached hydrogens (tertiary/aromatic N) is 1. The van der Waals surface area contributed by atoms with Gasteiger partial charge in [-0.15, -0.1) is 0 Å². The molecule has 2 fully saturated rings. The number of ether oxygens (including phenoxy) is 6. The molecule has 382 valence electrons. The van der Waals surface area contributed by atoms with Crippen molar-refractivity contribution in [3.05, 3.63) is 108 Å². The number of benzene rings is 3. The molecule has 0 saturated carbocycles. The molecule has 0 aromatic heterocycles. The molecule has 2 aliphatic rings. The van der Waals surface area contributed by atoms with Gasteiger partial charge in [0.1, 0.15) is 25.0 Å². The zero-order chi connectivity index (χ0) is 49.8. The van der Waals surface area contributed by atoms with Crippen LogP contribution in [0, 0.1) is 17.8 Å². The van der Waals surface area contributed by atoms with Gasteiger partial charge in [-0.25, -0.2) is 4.48 Å². The number of esters is 1. The molecule has 5 N–H and O–H groups in total. The number of aliphatic carboxylic acids is 1. The number of carbonyl (C=O) groups is 6. The minimum atomic E-state index is -1.44. The van der Waals surface area contributed by atoms with Crippen molar-refractivity contribution in [2.75, 3.05) is 92.1 Å². The van der Waals surface area contributed by atoms with Gasteiger partial charge in [-0.2, -0.15) is 4.79 Å². The lowest BCUT2D eigenvalue weighted by Crippen LogP contribution is -2.57. The monoisotopic (exact) mass is 974 g/mol. The molecule has 3 aromatic carbocycles. The van der Waals surface area contributed by atoms with E-state index in [0.29, 0.717) is 45.8 Å². The van der Waals surface area contributed by atoms with Crippen LogP contribution in [0.2, 0.25) is 0 Å². The first-order valence-electron chi connectivity index (χ1n) is 24.4. The van der Waals surface area contributed by atoms with Gasteiger partial charge in [0.2, 0.25) is 11.8 Å². The Hall–Kier alpha value is -5.60. The van der Waals surface area contributed by atoms with Gasteiger partial charge in [0.05, 0.1) is 96.8 Å². The standard InChI is InChI=1S/C52H71N5O13/c53-48(50(62)56-45(33-39-13-5-1-6-14-39)49(61)55-22-26-65-27-28-66-29-30-67-31-32-68-38-47(59)60)44(51(63)69-36-40-15-7-2-8-16-40)34-42-35-54-21-19-43(42)46(58)20-25-57(23-11-4-12-24-57)52(64)70-37-41-17-9-3-10-18-41/h1-3,5-10,13-18,42-45,48,54H,4,11-12,19-38,53H2,(H2-,55,56,59,60,61,62)/t42?,43-,44?,45+,48+/m1/s1. The fourth-order valence-electron chi connectivity index (χ4n) is 8.82. The number of Topliss-reactive ketones (excluding diaryl/α,β-unsaturated/α-hetero) is 1. The van der Waals surface area contributed by atoms with Crippen molar-refractivity contribution < 1.29 is 66.8 Å². The van der Waals surface area contributed by atoms with Gasteiger partial charge in [-0.05, 0) is 67.8 Å². The number of amides is 3. The van der Waals surface area contributed by atoms with Crippen LogP contribution in [0.25, 0.3) is 0 Å². The molecular weight excluding hydrogens is 903 g/mol. The van der Waals surface area contributed by atoms with Crippen molar-refractivity contribution in [3.63, 3.8) is 0 Å².